The van der Waals surface area contributed by atoms with E-state index in [4.69, 9.17) is 4.74 Å². The Kier molecular flexibility index (Phi) is 4.66. The van der Waals surface area contributed by atoms with Crippen LogP contribution in [0.3, 0.4) is 0 Å². The van der Waals surface area contributed by atoms with Crippen LogP contribution < -0.4 is 10.1 Å². The third kappa shape index (κ3) is 3.18. The van der Waals surface area contributed by atoms with E-state index in [2.05, 4.69) is 15.3 Å². The molecule has 5 nitrogen and oxygen atoms in total. The van der Waals surface area contributed by atoms with Crippen molar-refractivity contribution in [1.29, 1.82) is 0 Å². The van der Waals surface area contributed by atoms with Gasteiger partial charge in [0, 0.05) is 11.8 Å². The number of hydrogen-bond donors (Lipinski definition) is 1. The van der Waals surface area contributed by atoms with Gasteiger partial charge in [-0.05, 0) is 56.2 Å². The number of halogens is 2. The zero-order valence-corrected chi connectivity index (χ0v) is 16.5. The Balaban J connectivity index is 1.91. The van der Waals surface area contributed by atoms with Gasteiger partial charge in [0.25, 0.3) is 0 Å². The van der Waals surface area contributed by atoms with Crippen LogP contribution in [0.5, 0.6) is 5.75 Å². The number of nitrogens with zero attached hydrogens (tertiary/aromatic N) is 3. The van der Waals surface area contributed by atoms with E-state index in [1.165, 1.54) is 18.5 Å². The number of aryl methyl sites for hydroxylation is 2. The Bertz CT molecular complexity index is 1230. The van der Waals surface area contributed by atoms with E-state index in [0.717, 1.165) is 34.0 Å². The molecule has 0 fully saturated rings. The molecule has 29 heavy (non-hydrogen) atoms. The number of anilines is 2. The van der Waals surface area contributed by atoms with Crippen molar-refractivity contribution in [3.05, 3.63) is 71.2 Å². The molecule has 0 aliphatic carbocycles. The molecule has 4 aromatic rings. The summed E-state index contributed by atoms with van der Waals surface area (Å²) in [6, 6.07) is 9.64. The Hall–Kier alpha value is -3.48. The fourth-order valence-corrected chi connectivity index (χ4v) is 3.48. The van der Waals surface area contributed by atoms with Crippen molar-refractivity contribution in [3.8, 4) is 11.4 Å². The molecule has 0 unspecified atom stereocenters. The van der Waals surface area contributed by atoms with Crippen molar-refractivity contribution in [3.63, 3.8) is 0 Å². The van der Waals surface area contributed by atoms with E-state index in [1.807, 2.05) is 39.0 Å². The topological polar surface area (TPSA) is 52.0 Å². The molecule has 0 saturated heterocycles. The summed E-state index contributed by atoms with van der Waals surface area (Å²) in [7, 11) is 1.61. The fraction of sp³-hybridized carbons (Fsp3) is 0.182. The summed E-state index contributed by atoms with van der Waals surface area (Å²) >= 11 is 0. The number of nitrogens with one attached hydrogen (secondary N) is 1. The zero-order chi connectivity index (χ0) is 20.7. The Labute approximate surface area is 167 Å². The van der Waals surface area contributed by atoms with Crippen LogP contribution in [0, 0.1) is 32.4 Å². The lowest BCUT2D eigenvalue weighted by molar-refractivity contribution is 0.416. The van der Waals surface area contributed by atoms with Crippen LogP contribution in [-0.4, -0.2) is 21.6 Å². The molecule has 0 saturated carbocycles. The SMILES string of the molecule is COc1ccc(C)cc1Nc1ncnc2c1c(C)c(C)n2-c1ccc(F)c(F)c1. The van der Waals surface area contributed by atoms with E-state index < -0.39 is 11.6 Å². The highest BCUT2D eigenvalue weighted by Gasteiger charge is 2.19. The number of rotatable bonds is 4. The van der Waals surface area contributed by atoms with Gasteiger partial charge in [-0.2, -0.15) is 0 Å². The van der Waals surface area contributed by atoms with Gasteiger partial charge >= 0.3 is 0 Å². The Morgan fingerprint density at radius 1 is 0.966 bits per heavy atom. The first-order valence-electron chi connectivity index (χ1n) is 9.10. The largest absolute Gasteiger partial charge is 0.495 e. The predicted molar refractivity (Wildman–Crippen MR) is 109 cm³/mol. The van der Waals surface area contributed by atoms with Crippen molar-refractivity contribution in [2.75, 3.05) is 12.4 Å². The van der Waals surface area contributed by atoms with Gasteiger partial charge in [-0.3, -0.25) is 4.57 Å². The van der Waals surface area contributed by atoms with Crippen LogP contribution in [0.4, 0.5) is 20.3 Å². The lowest BCUT2D eigenvalue weighted by Crippen LogP contribution is -2.01. The van der Waals surface area contributed by atoms with Crippen molar-refractivity contribution in [2.45, 2.75) is 20.8 Å². The first kappa shape index (κ1) is 18.9. The van der Waals surface area contributed by atoms with E-state index in [-0.39, 0.29) is 0 Å². The van der Waals surface area contributed by atoms with Gasteiger partial charge < -0.3 is 10.1 Å². The second-order valence-electron chi connectivity index (χ2n) is 6.89. The quantitative estimate of drug-likeness (QED) is 0.505. The summed E-state index contributed by atoms with van der Waals surface area (Å²) in [6.45, 7) is 5.86. The molecule has 0 aliphatic heterocycles. The van der Waals surface area contributed by atoms with Crippen LogP contribution in [0.15, 0.2) is 42.7 Å². The fourth-order valence-electron chi connectivity index (χ4n) is 3.48. The lowest BCUT2D eigenvalue weighted by atomic mass is 10.2. The minimum atomic E-state index is -0.904. The molecule has 7 heteroatoms. The lowest BCUT2D eigenvalue weighted by Gasteiger charge is -2.12. The number of ether oxygens (including phenoxy) is 1. The van der Waals surface area contributed by atoms with Crippen molar-refractivity contribution >= 4 is 22.5 Å². The third-order valence-electron chi connectivity index (χ3n) is 5.06. The van der Waals surface area contributed by atoms with Crippen molar-refractivity contribution in [2.24, 2.45) is 0 Å². The Morgan fingerprint density at radius 3 is 2.48 bits per heavy atom. The zero-order valence-electron chi connectivity index (χ0n) is 16.5. The summed E-state index contributed by atoms with van der Waals surface area (Å²) in [5.74, 6) is -0.487. The molecule has 0 atom stereocenters. The average Bonchev–Trinajstić information content (AvgIpc) is 2.96. The van der Waals surface area contributed by atoms with Gasteiger partial charge in [-0.25, -0.2) is 18.7 Å². The van der Waals surface area contributed by atoms with Crippen molar-refractivity contribution < 1.29 is 13.5 Å². The Morgan fingerprint density at radius 2 is 1.76 bits per heavy atom. The minimum absolute atomic E-state index is 0.497. The molecule has 0 bridgehead atoms. The maximum atomic E-state index is 13.8. The second kappa shape index (κ2) is 7.16. The standard InChI is InChI=1S/C22H20F2N4O/c1-12-5-8-19(29-4)18(9-12)27-21-20-13(2)14(3)28(22(20)26-11-25-21)15-6-7-16(23)17(24)10-15/h5-11H,1-4H3,(H,25,26,27). The summed E-state index contributed by atoms with van der Waals surface area (Å²) in [5, 5.41) is 4.14. The van der Waals surface area contributed by atoms with Crippen LogP contribution in [-0.2, 0) is 0 Å². The van der Waals surface area contributed by atoms with Crippen LogP contribution in [0.1, 0.15) is 16.8 Å². The number of benzene rings is 2. The summed E-state index contributed by atoms with van der Waals surface area (Å²) in [4.78, 5) is 8.84. The summed E-state index contributed by atoms with van der Waals surface area (Å²) in [6.07, 6.45) is 1.45. The minimum Gasteiger partial charge on any atom is -0.495 e. The van der Waals surface area contributed by atoms with E-state index in [9.17, 15) is 8.78 Å². The van der Waals surface area contributed by atoms with E-state index >= 15 is 0 Å². The van der Waals surface area contributed by atoms with E-state index in [0.29, 0.717) is 22.9 Å². The molecule has 0 amide bonds. The van der Waals surface area contributed by atoms with Gasteiger partial charge in [-0.1, -0.05) is 6.07 Å². The molecular formula is C22H20F2N4O. The molecule has 0 aliphatic rings. The van der Waals surface area contributed by atoms with Crippen molar-refractivity contribution in [1.82, 2.24) is 14.5 Å². The molecule has 0 spiro atoms. The van der Waals surface area contributed by atoms with Gasteiger partial charge in [-0.15, -0.1) is 0 Å². The first-order chi connectivity index (χ1) is 13.9. The number of aromatic nitrogens is 3. The van der Waals surface area contributed by atoms with E-state index in [1.54, 1.807) is 11.7 Å². The van der Waals surface area contributed by atoms with Crippen LogP contribution in [0.25, 0.3) is 16.7 Å². The number of hydrogen-bond acceptors (Lipinski definition) is 4. The normalized spacial score (nSPS) is 11.1. The average molecular weight is 394 g/mol. The molecule has 4 rings (SSSR count). The third-order valence-corrected chi connectivity index (χ3v) is 5.06. The number of fused-ring (bicyclic) bond motifs is 1. The summed E-state index contributed by atoms with van der Waals surface area (Å²) < 4.78 is 34.5. The highest BCUT2D eigenvalue weighted by molar-refractivity contribution is 5.94. The van der Waals surface area contributed by atoms with Gasteiger partial charge in [0.05, 0.1) is 23.9 Å². The van der Waals surface area contributed by atoms with Crippen LogP contribution in [0.2, 0.25) is 0 Å². The van der Waals surface area contributed by atoms with Gasteiger partial charge in [0.15, 0.2) is 17.3 Å². The maximum absolute atomic E-state index is 13.8. The molecular weight excluding hydrogens is 374 g/mol. The molecule has 2 aromatic carbocycles. The monoisotopic (exact) mass is 394 g/mol. The molecule has 148 valence electrons. The maximum Gasteiger partial charge on any atom is 0.160 e. The highest BCUT2D eigenvalue weighted by atomic mass is 19.2. The summed E-state index contributed by atoms with van der Waals surface area (Å²) in [5.41, 5.74) is 4.77. The predicted octanol–water partition coefficient (Wildman–Crippen LogP) is 5.38. The second-order valence-corrected chi connectivity index (χ2v) is 6.89. The van der Waals surface area contributed by atoms with Crippen LogP contribution >= 0.6 is 0 Å². The molecule has 2 aromatic heterocycles. The molecule has 1 N–H and O–H groups in total. The molecule has 0 radical (unpaired) electrons. The van der Waals surface area contributed by atoms with Gasteiger partial charge in [0.2, 0.25) is 0 Å². The molecule has 2 heterocycles. The number of methoxy groups -OCH3 is 1. The highest BCUT2D eigenvalue weighted by Crippen LogP contribution is 2.35. The smallest absolute Gasteiger partial charge is 0.160 e. The first-order valence-corrected chi connectivity index (χ1v) is 9.10. The van der Waals surface area contributed by atoms with Gasteiger partial charge in [0.1, 0.15) is 17.9 Å².